The van der Waals surface area contributed by atoms with Crippen LogP contribution in [-0.4, -0.2) is 18.0 Å². The molecule has 0 spiro atoms. The summed E-state index contributed by atoms with van der Waals surface area (Å²) < 4.78 is 0. The number of carbonyl (C=O) groups is 2. The molecule has 0 bridgehead atoms. The second kappa shape index (κ2) is 6.63. The molecule has 102 valence electrons. The predicted octanol–water partition coefficient (Wildman–Crippen LogP) is 2.15. The van der Waals surface area contributed by atoms with Gasteiger partial charge in [0.25, 0.3) is 0 Å². The number of nitrogens with one attached hydrogen (secondary N) is 2. The number of anilines is 1. The van der Waals surface area contributed by atoms with Gasteiger partial charge < -0.3 is 5.32 Å². The first-order chi connectivity index (χ1) is 9.65. The van der Waals surface area contributed by atoms with E-state index in [-0.39, 0.29) is 0 Å². The normalized spacial score (nSPS) is 10.4. The highest BCUT2D eigenvalue weighted by molar-refractivity contribution is 7.11. The summed E-state index contributed by atoms with van der Waals surface area (Å²) in [5.74, 6) is -1.56. The topological polar surface area (TPSA) is 70.6 Å². The smallest absolute Gasteiger partial charge is 0.318 e. The predicted molar refractivity (Wildman–Crippen MR) is 79.9 cm³/mol. The zero-order valence-electron chi connectivity index (χ0n) is 10.8. The van der Waals surface area contributed by atoms with Crippen molar-refractivity contribution in [2.45, 2.75) is 6.92 Å². The number of aryl methyl sites for hydroxylation is 1. The van der Waals surface area contributed by atoms with Crippen LogP contribution in [-0.2, 0) is 9.59 Å². The van der Waals surface area contributed by atoms with Gasteiger partial charge >= 0.3 is 11.8 Å². The average molecular weight is 287 g/mol. The van der Waals surface area contributed by atoms with Crippen LogP contribution in [0.15, 0.2) is 46.9 Å². The molecule has 1 heterocycles. The van der Waals surface area contributed by atoms with E-state index in [1.165, 1.54) is 17.6 Å². The number of amides is 2. The summed E-state index contributed by atoms with van der Waals surface area (Å²) in [7, 11) is 0. The molecule has 2 amide bonds. The number of thiophene rings is 1. The Labute approximate surface area is 120 Å². The number of rotatable bonds is 3. The molecule has 0 unspecified atom stereocenters. The minimum Gasteiger partial charge on any atom is -0.318 e. The van der Waals surface area contributed by atoms with E-state index in [1.807, 2.05) is 36.6 Å². The first kappa shape index (κ1) is 14.0. The van der Waals surface area contributed by atoms with E-state index in [4.69, 9.17) is 0 Å². The Balaban J connectivity index is 1.86. The summed E-state index contributed by atoms with van der Waals surface area (Å²) in [5.41, 5.74) is 3.82. The van der Waals surface area contributed by atoms with E-state index in [0.717, 1.165) is 10.4 Å². The molecule has 1 aromatic carbocycles. The third-order valence-electron chi connectivity index (χ3n) is 2.42. The van der Waals surface area contributed by atoms with Gasteiger partial charge in [0, 0.05) is 10.6 Å². The molecule has 0 aliphatic carbocycles. The molecule has 0 saturated carbocycles. The van der Waals surface area contributed by atoms with Crippen molar-refractivity contribution in [2.24, 2.45) is 5.10 Å². The van der Waals surface area contributed by atoms with Crippen LogP contribution in [0, 0.1) is 6.92 Å². The molecule has 6 heteroatoms. The maximum absolute atomic E-state index is 11.6. The van der Waals surface area contributed by atoms with Crippen LogP contribution in [0.1, 0.15) is 10.4 Å². The van der Waals surface area contributed by atoms with Crippen LogP contribution in [0.2, 0.25) is 0 Å². The van der Waals surface area contributed by atoms with Crippen LogP contribution < -0.4 is 10.7 Å². The SMILES string of the molecule is Cc1ccc(NC(=O)C(=O)NN=Cc2cccs2)cc1. The molecule has 0 radical (unpaired) electrons. The molecule has 5 nitrogen and oxygen atoms in total. The molecule has 0 aliphatic rings. The molecular weight excluding hydrogens is 274 g/mol. The second-order valence-corrected chi connectivity index (χ2v) is 5.01. The Morgan fingerprint density at radius 3 is 2.55 bits per heavy atom. The molecule has 1 aromatic heterocycles. The molecule has 2 N–H and O–H groups in total. The highest BCUT2D eigenvalue weighted by Crippen LogP contribution is 2.08. The third-order valence-corrected chi connectivity index (χ3v) is 3.22. The molecule has 2 rings (SSSR count). The van der Waals surface area contributed by atoms with E-state index >= 15 is 0 Å². The lowest BCUT2D eigenvalue weighted by atomic mass is 10.2. The largest absolute Gasteiger partial charge is 0.329 e. The molecule has 0 aliphatic heterocycles. The Morgan fingerprint density at radius 2 is 1.90 bits per heavy atom. The zero-order chi connectivity index (χ0) is 14.4. The van der Waals surface area contributed by atoms with Crippen molar-refractivity contribution in [1.29, 1.82) is 0 Å². The number of hydrogen-bond donors (Lipinski definition) is 2. The summed E-state index contributed by atoms with van der Waals surface area (Å²) in [6.45, 7) is 1.94. The van der Waals surface area contributed by atoms with Crippen molar-refractivity contribution in [1.82, 2.24) is 5.43 Å². The highest BCUT2D eigenvalue weighted by Gasteiger charge is 2.12. The first-order valence-corrected chi connectivity index (χ1v) is 6.77. The molecule has 0 fully saturated rings. The van der Waals surface area contributed by atoms with E-state index in [9.17, 15) is 9.59 Å². The van der Waals surface area contributed by atoms with Gasteiger partial charge in [0.15, 0.2) is 0 Å². The Hall–Kier alpha value is -2.47. The van der Waals surface area contributed by atoms with Gasteiger partial charge in [-0.1, -0.05) is 23.8 Å². The molecule has 20 heavy (non-hydrogen) atoms. The van der Waals surface area contributed by atoms with Gasteiger partial charge in [0.2, 0.25) is 0 Å². The number of hydrazone groups is 1. The summed E-state index contributed by atoms with van der Waals surface area (Å²) in [4.78, 5) is 24.0. The first-order valence-electron chi connectivity index (χ1n) is 5.90. The van der Waals surface area contributed by atoms with E-state index < -0.39 is 11.8 Å². The van der Waals surface area contributed by atoms with Crippen LogP contribution in [0.4, 0.5) is 5.69 Å². The standard InChI is InChI=1S/C14H13N3O2S/c1-10-4-6-11(7-5-10)16-13(18)14(19)17-15-9-12-3-2-8-20-12/h2-9H,1H3,(H,16,18)(H,17,19). The minimum absolute atomic E-state index is 0.568. The Bertz CT molecular complexity index is 618. The summed E-state index contributed by atoms with van der Waals surface area (Å²) in [5, 5.41) is 8.10. The van der Waals surface area contributed by atoms with Gasteiger partial charge in [-0.15, -0.1) is 11.3 Å². The number of hydrogen-bond acceptors (Lipinski definition) is 4. The van der Waals surface area contributed by atoms with Gasteiger partial charge in [-0.25, -0.2) is 5.43 Å². The van der Waals surface area contributed by atoms with Crippen molar-refractivity contribution < 1.29 is 9.59 Å². The van der Waals surface area contributed by atoms with Crippen LogP contribution in [0.5, 0.6) is 0 Å². The van der Waals surface area contributed by atoms with Crippen molar-refractivity contribution in [3.63, 3.8) is 0 Å². The molecule has 2 aromatic rings. The lowest BCUT2D eigenvalue weighted by Crippen LogP contribution is -2.32. The van der Waals surface area contributed by atoms with E-state index in [0.29, 0.717) is 5.69 Å². The fraction of sp³-hybridized carbons (Fsp3) is 0.0714. The minimum atomic E-state index is -0.807. The van der Waals surface area contributed by atoms with Crippen molar-refractivity contribution in [3.05, 3.63) is 52.2 Å². The van der Waals surface area contributed by atoms with E-state index in [2.05, 4.69) is 15.8 Å². The zero-order valence-corrected chi connectivity index (χ0v) is 11.6. The number of nitrogens with zero attached hydrogens (tertiary/aromatic N) is 1. The molecular formula is C14H13N3O2S. The maximum atomic E-state index is 11.6. The number of benzene rings is 1. The van der Waals surface area contributed by atoms with Gasteiger partial charge in [0.1, 0.15) is 0 Å². The fourth-order valence-corrected chi connectivity index (χ4v) is 1.98. The Kier molecular flexibility index (Phi) is 4.62. The third kappa shape index (κ3) is 4.03. The fourth-order valence-electron chi connectivity index (χ4n) is 1.39. The quantitative estimate of drug-likeness (QED) is 0.516. The summed E-state index contributed by atoms with van der Waals surface area (Å²) in [6.07, 6.45) is 1.49. The van der Waals surface area contributed by atoms with Gasteiger partial charge in [-0.2, -0.15) is 5.10 Å². The van der Waals surface area contributed by atoms with Gasteiger partial charge in [-0.05, 0) is 30.5 Å². The number of carbonyl (C=O) groups excluding carboxylic acids is 2. The van der Waals surface area contributed by atoms with Gasteiger partial charge in [0.05, 0.1) is 6.21 Å². The molecule has 0 saturated heterocycles. The average Bonchev–Trinajstić information content (AvgIpc) is 2.94. The Morgan fingerprint density at radius 1 is 1.15 bits per heavy atom. The maximum Gasteiger partial charge on any atom is 0.329 e. The second-order valence-electron chi connectivity index (χ2n) is 4.03. The highest BCUT2D eigenvalue weighted by atomic mass is 32.1. The van der Waals surface area contributed by atoms with E-state index in [1.54, 1.807) is 12.1 Å². The molecule has 0 atom stereocenters. The van der Waals surface area contributed by atoms with Crippen LogP contribution >= 0.6 is 11.3 Å². The van der Waals surface area contributed by atoms with Crippen molar-refractivity contribution >= 4 is 35.1 Å². The lowest BCUT2D eigenvalue weighted by molar-refractivity contribution is -0.136. The van der Waals surface area contributed by atoms with Gasteiger partial charge in [-0.3, -0.25) is 9.59 Å². The van der Waals surface area contributed by atoms with Crippen molar-refractivity contribution in [2.75, 3.05) is 5.32 Å². The van der Waals surface area contributed by atoms with Crippen LogP contribution in [0.3, 0.4) is 0 Å². The summed E-state index contributed by atoms with van der Waals surface area (Å²) >= 11 is 1.49. The lowest BCUT2D eigenvalue weighted by Gasteiger charge is -2.03. The summed E-state index contributed by atoms with van der Waals surface area (Å²) in [6, 6.07) is 10.9. The monoisotopic (exact) mass is 287 g/mol. The van der Waals surface area contributed by atoms with Crippen molar-refractivity contribution in [3.8, 4) is 0 Å². The van der Waals surface area contributed by atoms with Crippen LogP contribution in [0.25, 0.3) is 0 Å².